The molecule has 0 amide bonds. The first-order valence-corrected chi connectivity index (χ1v) is 12.4. The number of carbonyl (C=O) groups excluding carboxylic acids is 2. The van der Waals surface area contributed by atoms with Crippen molar-refractivity contribution >= 4 is 11.6 Å². The minimum absolute atomic E-state index is 0.0182. The Morgan fingerprint density at radius 2 is 1.15 bits per heavy atom. The van der Waals surface area contributed by atoms with Crippen LogP contribution in [0.15, 0.2) is 82.0 Å². The van der Waals surface area contributed by atoms with Crippen LogP contribution in [0.1, 0.15) is 100 Å². The van der Waals surface area contributed by atoms with Crippen LogP contribution in [0, 0.1) is 0 Å². The maximum absolute atomic E-state index is 12.9. The number of aliphatic hydroxyl groups excluding tert-OH is 1. The van der Waals surface area contributed by atoms with Gasteiger partial charge in [0.25, 0.3) is 0 Å². The van der Waals surface area contributed by atoms with Gasteiger partial charge in [0.1, 0.15) is 0 Å². The highest BCUT2D eigenvalue weighted by Gasteiger charge is 2.28. The molecule has 0 atom stereocenters. The molecule has 3 nitrogen and oxygen atoms in total. The third-order valence-corrected chi connectivity index (χ3v) is 6.48. The standard InChI is InChI=1S/C31H40O3/c1-22(11-8-12-23(2)14-10-16-25(4)21-32)13-9-15-24(3)19-20-27-26(5)30(33)28-17-6-7-18-29(28)31(27)34/h6-7,12-13,16-19,32H,8-11,14-15,20-21H2,1-5H3/b22-13+,23-12+,24-19+,25-16+. The summed E-state index contributed by atoms with van der Waals surface area (Å²) < 4.78 is 0. The maximum Gasteiger partial charge on any atom is 0.190 e. The Kier molecular flexibility index (Phi) is 11.2. The molecule has 0 bridgehead atoms. The van der Waals surface area contributed by atoms with Gasteiger partial charge in [-0.05, 0) is 79.6 Å². The molecule has 0 aliphatic heterocycles. The number of allylic oxidation sites excluding steroid dienone is 9. The van der Waals surface area contributed by atoms with Gasteiger partial charge in [-0.25, -0.2) is 0 Å². The molecule has 0 saturated carbocycles. The normalized spacial score (nSPS) is 15.8. The SMILES string of the molecule is CC1=C(C/C=C(\C)CC/C=C(\C)CC/C=C(\C)CC/C=C(\C)CO)C(=O)c2ccccc2C1=O. The van der Waals surface area contributed by atoms with Crippen LogP contribution in [-0.4, -0.2) is 23.3 Å². The van der Waals surface area contributed by atoms with Gasteiger partial charge in [0.05, 0.1) is 6.61 Å². The van der Waals surface area contributed by atoms with Gasteiger partial charge in [-0.15, -0.1) is 0 Å². The molecule has 0 unspecified atom stereocenters. The Bertz CT molecular complexity index is 1040. The number of Topliss-reactive ketones (excluding diaryl/α,β-unsaturated/α-hetero) is 2. The van der Waals surface area contributed by atoms with E-state index in [2.05, 4.69) is 45.1 Å². The highest BCUT2D eigenvalue weighted by molar-refractivity contribution is 6.26. The molecule has 1 aliphatic rings. The van der Waals surface area contributed by atoms with Crippen LogP contribution in [0.5, 0.6) is 0 Å². The van der Waals surface area contributed by atoms with E-state index < -0.39 is 0 Å². The largest absolute Gasteiger partial charge is 0.392 e. The van der Waals surface area contributed by atoms with E-state index in [1.54, 1.807) is 25.1 Å². The van der Waals surface area contributed by atoms with Crippen LogP contribution in [0.4, 0.5) is 0 Å². The second-order valence-corrected chi connectivity index (χ2v) is 9.49. The Balaban J connectivity index is 1.81. The van der Waals surface area contributed by atoms with Crippen LogP contribution in [-0.2, 0) is 0 Å². The molecule has 34 heavy (non-hydrogen) atoms. The minimum atomic E-state index is -0.0316. The fourth-order valence-electron chi connectivity index (χ4n) is 4.08. The average Bonchev–Trinajstić information content (AvgIpc) is 2.82. The molecule has 0 radical (unpaired) electrons. The topological polar surface area (TPSA) is 54.4 Å². The van der Waals surface area contributed by atoms with Crippen LogP contribution in [0.3, 0.4) is 0 Å². The summed E-state index contributed by atoms with van der Waals surface area (Å²) >= 11 is 0. The smallest absolute Gasteiger partial charge is 0.190 e. The summed E-state index contributed by atoms with van der Waals surface area (Å²) in [7, 11) is 0. The average molecular weight is 461 g/mol. The number of hydrogen-bond acceptors (Lipinski definition) is 3. The molecular weight excluding hydrogens is 420 g/mol. The van der Waals surface area contributed by atoms with Gasteiger partial charge >= 0.3 is 0 Å². The molecule has 0 spiro atoms. The number of fused-ring (bicyclic) bond motifs is 1. The zero-order chi connectivity index (χ0) is 25.1. The lowest BCUT2D eigenvalue weighted by Gasteiger charge is -2.18. The van der Waals surface area contributed by atoms with Gasteiger partial charge in [-0.1, -0.05) is 70.9 Å². The van der Waals surface area contributed by atoms with Crippen LogP contribution in [0.25, 0.3) is 0 Å². The van der Waals surface area contributed by atoms with Crippen molar-refractivity contribution < 1.29 is 14.7 Å². The molecule has 1 aromatic carbocycles. The van der Waals surface area contributed by atoms with Gasteiger partial charge in [0, 0.05) is 22.3 Å². The summed E-state index contributed by atoms with van der Waals surface area (Å²) in [5.74, 6) is -0.0498. The molecule has 182 valence electrons. The number of carbonyl (C=O) groups is 2. The predicted octanol–water partition coefficient (Wildman–Crippen LogP) is 7.89. The summed E-state index contributed by atoms with van der Waals surface area (Å²) in [6.07, 6.45) is 15.4. The third kappa shape index (κ3) is 8.22. The summed E-state index contributed by atoms with van der Waals surface area (Å²) in [5.41, 5.74) is 7.32. The summed E-state index contributed by atoms with van der Waals surface area (Å²) in [6, 6.07) is 7.10. The van der Waals surface area contributed by atoms with E-state index in [1.807, 2.05) is 13.0 Å². The van der Waals surface area contributed by atoms with Crippen LogP contribution >= 0.6 is 0 Å². The van der Waals surface area contributed by atoms with Crippen molar-refractivity contribution in [3.8, 4) is 0 Å². The van der Waals surface area contributed by atoms with Crippen LogP contribution < -0.4 is 0 Å². The van der Waals surface area contributed by atoms with E-state index in [-0.39, 0.29) is 18.2 Å². The fourth-order valence-corrected chi connectivity index (χ4v) is 4.08. The van der Waals surface area contributed by atoms with Gasteiger partial charge in [0.2, 0.25) is 0 Å². The van der Waals surface area contributed by atoms with E-state index in [4.69, 9.17) is 5.11 Å². The molecule has 3 heteroatoms. The van der Waals surface area contributed by atoms with E-state index in [1.165, 1.54) is 16.7 Å². The lowest BCUT2D eigenvalue weighted by atomic mass is 9.83. The van der Waals surface area contributed by atoms with Crippen molar-refractivity contribution in [2.24, 2.45) is 0 Å². The molecular formula is C31H40O3. The lowest BCUT2D eigenvalue weighted by Crippen LogP contribution is -2.20. The molecule has 1 aromatic rings. The molecule has 0 fully saturated rings. The summed E-state index contributed by atoms with van der Waals surface area (Å²) in [5, 5.41) is 9.04. The zero-order valence-corrected chi connectivity index (χ0v) is 21.5. The van der Waals surface area contributed by atoms with E-state index in [0.717, 1.165) is 44.1 Å². The number of rotatable bonds is 12. The fraction of sp³-hybridized carbons (Fsp3) is 0.419. The molecule has 0 heterocycles. The zero-order valence-electron chi connectivity index (χ0n) is 21.5. The number of benzene rings is 1. The molecule has 0 saturated heterocycles. The summed E-state index contributed by atoms with van der Waals surface area (Å²) in [6.45, 7) is 10.3. The Hall–Kier alpha value is -2.78. The maximum atomic E-state index is 12.9. The van der Waals surface area contributed by atoms with Gasteiger partial charge < -0.3 is 5.11 Å². The van der Waals surface area contributed by atoms with Crippen molar-refractivity contribution in [3.05, 3.63) is 93.1 Å². The quantitative estimate of drug-likeness (QED) is 0.323. The third-order valence-electron chi connectivity index (χ3n) is 6.48. The van der Waals surface area contributed by atoms with Gasteiger partial charge in [-0.2, -0.15) is 0 Å². The van der Waals surface area contributed by atoms with Gasteiger partial charge in [0.15, 0.2) is 11.6 Å². The van der Waals surface area contributed by atoms with E-state index in [0.29, 0.717) is 28.7 Å². The predicted molar refractivity (Wildman–Crippen MR) is 142 cm³/mol. The Labute approximate surface area is 205 Å². The summed E-state index contributed by atoms with van der Waals surface area (Å²) in [4.78, 5) is 25.5. The number of hydrogen-bond donors (Lipinski definition) is 1. The Morgan fingerprint density at radius 1 is 0.706 bits per heavy atom. The van der Waals surface area contributed by atoms with Crippen LogP contribution in [0.2, 0.25) is 0 Å². The lowest BCUT2D eigenvalue weighted by molar-refractivity contribution is 0.0973. The Morgan fingerprint density at radius 3 is 1.65 bits per heavy atom. The second kappa shape index (κ2) is 13.8. The molecule has 0 aromatic heterocycles. The first kappa shape index (κ1) is 27.5. The highest BCUT2D eigenvalue weighted by Crippen LogP contribution is 2.28. The number of ketones is 2. The minimum Gasteiger partial charge on any atom is -0.392 e. The van der Waals surface area contributed by atoms with E-state index >= 15 is 0 Å². The monoisotopic (exact) mass is 460 g/mol. The van der Waals surface area contributed by atoms with Crippen molar-refractivity contribution in [2.75, 3.05) is 6.61 Å². The first-order chi connectivity index (χ1) is 16.2. The molecule has 1 aliphatic carbocycles. The van der Waals surface area contributed by atoms with Crippen molar-refractivity contribution in [1.82, 2.24) is 0 Å². The van der Waals surface area contributed by atoms with Crippen molar-refractivity contribution in [1.29, 1.82) is 0 Å². The second-order valence-electron chi connectivity index (χ2n) is 9.49. The molecule has 1 N–H and O–H groups in total. The van der Waals surface area contributed by atoms with Gasteiger partial charge in [-0.3, -0.25) is 9.59 Å². The number of aliphatic hydroxyl groups is 1. The molecule has 2 rings (SSSR count). The van der Waals surface area contributed by atoms with E-state index in [9.17, 15) is 9.59 Å². The first-order valence-electron chi connectivity index (χ1n) is 12.4. The van der Waals surface area contributed by atoms with Crippen molar-refractivity contribution in [3.63, 3.8) is 0 Å². The highest BCUT2D eigenvalue weighted by atomic mass is 16.3. The van der Waals surface area contributed by atoms with Crippen molar-refractivity contribution in [2.45, 2.75) is 79.6 Å².